The summed E-state index contributed by atoms with van der Waals surface area (Å²) in [4.78, 5) is 12.8. The quantitative estimate of drug-likeness (QED) is 0.632. The highest BCUT2D eigenvalue weighted by Crippen LogP contribution is 2.29. The van der Waals surface area contributed by atoms with Crippen LogP contribution in [0.5, 0.6) is 5.75 Å². The Morgan fingerprint density at radius 2 is 1.88 bits per heavy atom. The largest absolute Gasteiger partial charge is 0.495 e. The third-order valence-electron chi connectivity index (χ3n) is 4.63. The first-order valence-corrected chi connectivity index (χ1v) is 9.03. The predicted octanol–water partition coefficient (Wildman–Crippen LogP) is 5.63. The van der Waals surface area contributed by atoms with Gasteiger partial charge in [-0.1, -0.05) is 31.5 Å². The van der Waals surface area contributed by atoms with Crippen molar-refractivity contribution in [2.75, 3.05) is 12.4 Å². The molecule has 0 aliphatic rings. The number of anilines is 1. The topological polar surface area (TPSA) is 43.3 Å². The van der Waals surface area contributed by atoms with Gasteiger partial charge in [0.15, 0.2) is 0 Å². The van der Waals surface area contributed by atoms with E-state index in [1.165, 1.54) is 5.56 Å². The van der Waals surface area contributed by atoms with E-state index in [0.717, 1.165) is 10.9 Å². The summed E-state index contributed by atoms with van der Waals surface area (Å²) < 4.78 is 7.28. The van der Waals surface area contributed by atoms with Crippen LogP contribution in [0.25, 0.3) is 10.9 Å². The Hall–Kier alpha value is -2.46. The van der Waals surface area contributed by atoms with Crippen molar-refractivity contribution in [3.8, 4) is 5.75 Å². The monoisotopic (exact) mass is 370 g/mol. The number of aromatic nitrogens is 1. The standard InChI is InChI=1S/C21H23ClN2O2/c1-13(2)15-5-7-19-16(11-15)9-10-24(19)14(3)21(25)23-18-12-17(22)6-8-20(18)26-4/h5-14H,1-4H3,(H,23,25). The zero-order valence-corrected chi connectivity index (χ0v) is 16.2. The van der Waals surface area contributed by atoms with E-state index >= 15 is 0 Å². The molecule has 3 aromatic rings. The first kappa shape index (κ1) is 18.3. The second kappa shape index (κ2) is 7.42. The van der Waals surface area contributed by atoms with Gasteiger partial charge in [-0.2, -0.15) is 0 Å². The molecule has 0 aliphatic carbocycles. The SMILES string of the molecule is COc1ccc(Cl)cc1NC(=O)C(C)n1ccc2cc(C(C)C)ccc21. The molecule has 1 unspecified atom stereocenters. The summed E-state index contributed by atoms with van der Waals surface area (Å²) in [6.45, 7) is 6.22. The van der Waals surface area contributed by atoms with Crippen LogP contribution in [0.1, 0.15) is 38.3 Å². The number of hydrogen-bond donors (Lipinski definition) is 1. The molecule has 0 saturated carbocycles. The Bertz CT molecular complexity index is 946. The third kappa shape index (κ3) is 3.56. The number of ether oxygens (including phenoxy) is 1. The lowest BCUT2D eigenvalue weighted by Crippen LogP contribution is -2.23. The number of nitrogens with zero attached hydrogens (tertiary/aromatic N) is 1. The summed E-state index contributed by atoms with van der Waals surface area (Å²) in [5.74, 6) is 0.920. The van der Waals surface area contributed by atoms with E-state index in [9.17, 15) is 4.79 Å². The van der Waals surface area contributed by atoms with Crippen LogP contribution < -0.4 is 10.1 Å². The maximum absolute atomic E-state index is 12.8. The minimum atomic E-state index is -0.374. The third-order valence-corrected chi connectivity index (χ3v) is 4.86. The number of fused-ring (bicyclic) bond motifs is 1. The molecule has 5 heteroatoms. The summed E-state index contributed by atoms with van der Waals surface area (Å²) >= 11 is 6.04. The zero-order valence-electron chi connectivity index (χ0n) is 15.4. The van der Waals surface area contributed by atoms with Crippen LogP contribution in [-0.4, -0.2) is 17.6 Å². The highest BCUT2D eigenvalue weighted by molar-refractivity contribution is 6.31. The smallest absolute Gasteiger partial charge is 0.247 e. The molecule has 3 rings (SSSR count). The Morgan fingerprint density at radius 3 is 2.58 bits per heavy atom. The molecule has 26 heavy (non-hydrogen) atoms. The fraction of sp³-hybridized carbons (Fsp3) is 0.286. The fourth-order valence-electron chi connectivity index (χ4n) is 3.02. The number of benzene rings is 2. The van der Waals surface area contributed by atoms with Gasteiger partial charge in [-0.05, 0) is 60.2 Å². The molecule has 1 atom stereocenters. The maximum Gasteiger partial charge on any atom is 0.247 e. The molecule has 0 spiro atoms. The number of methoxy groups -OCH3 is 1. The number of amides is 1. The van der Waals surface area contributed by atoms with Crippen LogP contribution >= 0.6 is 11.6 Å². The van der Waals surface area contributed by atoms with Crippen LogP contribution in [0.2, 0.25) is 5.02 Å². The fourth-order valence-corrected chi connectivity index (χ4v) is 3.19. The molecule has 1 N–H and O–H groups in total. The number of nitrogens with one attached hydrogen (secondary N) is 1. The van der Waals surface area contributed by atoms with Gasteiger partial charge in [0.2, 0.25) is 5.91 Å². The molecule has 0 fully saturated rings. The molecule has 0 radical (unpaired) electrons. The lowest BCUT2D eigenvalue weighted by atomic mass is 10.0. The molecule has 1 aromatic heterocycles. The highest BCUT2D eigenvalue weighted by Gasteiger charge is 2.18. The number of hydrogen-bond acceptors (Lipinski definition) is 2. The van der Waals surface area contributed by atoms with E-state index in [1.54, 1.807) is 25.3 Å². The molecule has 0 bridgehead atoms. The van der Waals surface area contributed by atoms with Crippen molar-refractivity contribution in [1.29, 1.82) is 0 Å². The summed E-state index contributed by atoms with van der Waals surface area (Å²) in [5.41, 5.74) is 2.89. The van der Waals surface area contributed by atoms with Crippen molar-refractivity contribution in [2.24, 2.45) is 0 Å². The molecule has 0 saturated heterocycles. The lowest BCUT2D eigenvalue weighted by molar-refractivity contribution is -0.118. The normalized spacial score (nSPS) is 12.4. The highest BCUT2D eigenvalue weighted by atomic mass is 35.5. The van der Waals surface area contributed by atoms with Crippen LogP contribution in [0.4, 0.5) is 5.69 Å². The minimum Gasteiger partial charge on any atom is -0.495 e. The van der Waals surface area contributed by atoms with Gasteiger partial charge in [0.1, 0.15) is 11.8 Å². The molecule has 0 aliphatic heterocycles. The van der Waals surface area contributed by atoms with Crippen molar-refractivity contribution in [3.05, 3.63) is 59.2 Å². The van der Waals surface area contributed by atoms with Gasteiger partial charge in [-0.25, -0.2) is 0 Å². The van der Waals surface area contributed by atoms with E-state index in [0.29, 0.717) is 22.4 Å². The van der Waals surface area contributed by atoms with Gasteiger partial charge in [0.05, 0.1) is 12.8 Å². The number of halogens is 1. The molecular weight excluding hydrogens is 348 g/mol. The molecule has 4 nitrogen and oxygen atoms in total. The van der Waals surface area contributed by atoms with Gasteiger partial charge < -0.3 is 14.6 Å². The van der Waals surface area contributed by atoms with Crippen molar-refractivity contribution in [2.45, 2.75) is 32.7 Å². The second-order valence-corrected chi connectivity index (χ2v) is 7.14. The maximum atomic E-state index is 12.8. The second-order valence-electron chi connectivity index (χ2n) is 6.71. The van der Waals surface area contributed by atoms with Gasteiger partial charge in [-0.15, -0.1) is 0 Å². The summed E-state index contributed by atoms with van der Waals surface area (Å²) in [6.07, 6.45) is 1.95. The van der Waals surface area contributed by atoms with Crippen LogP contribution in [0.3, 0.4) is 0 Å². The van der Waals surface area contributed by atoms with Crippen LogP contribution in [0.15, 0.2) is 48.7 Å². The first-order chi connectivity index (χ1) is 12.4. The van der Waals surface area contributed by atoms with Crippen LogP contribution in [0, 0.1) is 0 Å². The molecule has 2 aromatic carbocycles. The number of carbonyl (C=O) groups is 1. The molecular formula is C21H23ClN2O2. The Kier molecular flexibility index (Phi) is 5.23. The van der Waals surface area contributed by atoms with E-state index in [1.807, 2.05) is 23.8 Å². The average molecular weight is 371 g/mol. The molecule has 1 heterocycles. The Morgan fingerprint density at radius 1 is 1.12 bits per heavy atom. The zero-order chi connectivity index (χ0) is 18.8. The van der Waals surface area contributed by atoms with E-state index < -0.39 is 0 Å². The van der Waals surface area contributed by atoms with E-state index in [4.69, 9.17) is 16.3 Å². The van der Waals surface area contributed by atoms with Gasteiger partial charge in [-0.3, -0.25) is 4.79 Å². The van der Waals surface area contributed by atoms with Crippen molar-refractivity contribution in [3.63, 3.8) is 0 Å². The van der Waals surface area contributed by atoms with E-state index in [-0.39, 0.29) is 11.9 Å². The lowest BCUT2D eigenvalue weighted by Gasteiger charge is -2.17. The summed E-state index contributed by atoms with van der Waals surface area (Å²) in [6, 6.07) is 13.2. The van der Waals surface area contributed by atoms with Crippen LogP contribution in [-0.2, 0) is 4.79 Å². The number of carbonyl (C=O) groups excluding carboxylic acids is 1. The Balaban J connectivity index is 1.87. The van der Waals surface area contributed by atoms with Crippen molar-refractivity contribution in [1.82, 2.24) is 4.57 Å². The Labute approximate surface area is 158 Å². The first-order valence-electron chi connectivity index (χ1n) is 8.65. The van der Waals surface area contributed by atoms with Gasteiger partial charge >= 0.3 is 0 Å². The van der Waals surface area contributed by atoms with Gasteiger partial charge in [0.25, 0.3) is 0 Å². The molecule has 136 valence electrons. The number of rotatable bonds is 5. The summed E-state index contributed by atoms with van der Waals surface area (Å²) in [7, 11) is 1.56. The van der Waals surface area contributed by atoms with Crippen molar-refractivity contribution >= 4 is 34.1 Å². The predicted molar refractivity (Wildman–Crippen MR) is 107 cm³/mol. The average Bonchev–Trinajstić information content (AvgIpc) is 3.04. The van der Waals surface area contributed by atoms with Crippen molar-refractivity contribution < 1.29 is 9.53 Å². The molecule has 1 amide bonds. The van der Waals surface area contributed by atoms with E-state index in [2.05, 4.69) is 37.4 Å². The summed E-state index contributed by atoms with van der Waals surface area (Å²) in [5, 5.41) is 4.59. The minimum absolute atomic E-state index is 0.129. The van der Waals surface area contributed by atoms with Gasteiger partial charge in [0, 0.05) is 16.7 Å².